The minimum Gasteiger partial charge on any atom is -0.357 e. The number of thiophene rings is 1. The number of amides is 2. The molecule has 150 valence electrons. The molecule has 1 aromatic heterocycles. The van der Waals surface area contributed by atoms with Gasteiger partial charge in [-0.3, -0.25) is 9.59 Å². The zero-order chi connectivity index (χ0) is 20.6. The Labute approximate surface area is 175 Å². The highest BCUT2D eigenvalue weighted by atomic mass is 32.1. The Morgan fingerprint density at radius 2 is 1.83 bits per heavy atom. The van der Waals surface area contributed by atoms with Gasteiger partial charge in [0.25, 0.3) is 5.91 Å². The van der Waals surface area contributed by atoms with Crippen molar-refractivity contribution < 1.29 is 9.59 Å². The van der Waals surface area contributed by atoms with Crippen LogP contribution in [0.25, 0.3) is 0 Å². The molecule has 2 N–H and O–H groups in total. The summed E-state index contributed by atoms with van der Waals surface area (Å²) in [4.78, 5) is 28.0. The molecule has 0 saturated heterocycles. The number of hydrogen-bond donors (Lipinski definition) is 2. The smallest absolute Gasteiger partial charge is 0.251 e. The summed E-state index contributed by atoms with van der Waals surface area (Å²) in [6.07, 6.45) is 0. The largest absolute Gasteiger partial charge is 0.357 e. The summed E-state index contributed by atoms with van der Waals surface area (Å²) in [5, 5.41) is 7.72. The van der Waals surface area contributed by atoms with E-state index in [4.69, 9.17) is 0 Å². The van der Waals surface area contributed by atoms with Crippen molar-refractivity contribution in [3.8, 4) is 0 Å². The van der Waals surface area contributed by atoms with Gasteiger partial charge in [0.2, 0.25) is 5.91 Å². The first-order valence-electron chi connectivity index (χ1n) is 9.57. The molecular formula is C23H25N3O2S. The Hall–Kier alpha value is -3.12. The van der Waals surface area contributed by atoms with Gasteiger partial charge in [0.1, 0.15) is 0 Å². The van der Waals surface area contributed by atoms with Crippen molar-refractivity contribution in [3.63, 3.8) is 0 Å². The molecule has 5 nitrogen and oxygen atoms in total. The number of benzene rings is 2. The van der Waals surface area contributed by atoms with E-state index in [0.29, 0.717) is 24.3 Å². The number of rotatable bonds is 8. The van der Waals surface area contributed by atoms with Crippen LogP contribution in [0.1, 0.15) is 27.7 Å². The fraction of sp³-hybridized carbons (Fsp3) is 0.217. The van der Waals surface area contributed by atoms with Crippen LogP contribution in [0.15, 0.2) is 66.0 Å². The highest BCUT2D eigenvalue weighted by molar-refractivity contribution is 7.09. The van der Waals surface area contributed by atoms with Gasteiger partial charge >= 0.3 is 0 Å². The highest BCUT2D eigenvalue weighted by Crippen LogP contribution is 2.20. The van der Waals surface area contributed by atoms with E-state index in [1.807, 2.05) is 54.5 Å². The van der Waals surface area contributed by atoms with E-state index < -0.39 is 0 Å². The van der Waals surface area contributed by atoms with E-state index in [0.717, 1.165) is 5.69 Å². The minimum atomic E-state index is -0.150. The van der Waals surface area contributed by atoms with Crippen molar-refractivity contribution >= 4 is 34.5 Å². The van der Waals surface area contributed by atoms with Crippen molar-refractivity contribution in [2.45, 2.75) is 20.4 Å². The molecule has 0 spiro atoms. The summed E-state index contributed by atoms with van der Waals surface area (Å²) >= 11 is 1.67. The molecule has 0 atom stereocenters. The number of carbonyl (C=O) groups is 2. The molecular weight excluding hydrogens is 382 g/mol. The Morgan fingerprint density at radius 1 is 1.03 bits per heavy atom. The van der Waals surface area contributed by atoms with Crippen LogP contribution >= 0.6 is 11.3 Å². The summed E-state index contributed by atoms with van der Waals surface area (Å²) in [5.74, 6) is -0.280. The van der Waals surface area contributed by atoms with Crippen molar-refractivity contribution in [2.24, 2.45) is 0 Å². The normalized spacial score (nSPS) is 10.4. The molecule has 2 aromatic carbocycles. The van der Waals surface area contributed by atoms with Gasteiger partial charge < -0.3 is 15.5 Å². The van der Waals surface area contributed by atoms with Crippen molar-refractivity contribution in [3.05, 3.63) is 82.0 Å². The molecule has 0 saturated carbocycles. The maximum atomic E-state index is 12.7. The maximum absolute atomic E-state index is 12.7. The summed E-state index contributed by atoms with van der Waals surface area (Å²) in [5.41, 5.74) is 3.31. The van der Waals surface area contributed by atoms with Gasteiger partial charge in [-0.15, -0.1) is 11.3 Å². The molecule has 1 heterocycles. The highest BCUT2D eigenvalue weighted by Gasteiger charge is 2.14. The van der Waals surface area contributed by atoms with Crippen molar-refractivity contribution in [1.82, 2.24) is 5.32 Å². The third kappa shape index (κ3) is 5.93. The lowest BCUT2D eigenvalue weighted by Crippen LogP contribution is -2.32. The number of carbonyl (C=O) groups excluding carboxylic acids is 2. The average Bonchev–Trinajstić information content (AvgIpc) is 3.21. The van der Waals surface area contributed by atoms with Crippen LogP contribution in [-0.2, 0) is 11.3 Å². The Balaban J connectivity index is 1.72. The summed E-state index contributed by atoms with van der Waals surface area (Å²) in [6.45, 7) is 5.35. The number of hydrogen-bond acceptors (Lipinski definition) is 4. The first-order valence-corrected chi connectivity index (χ1v) is 10.4. The van der Waals surface area contributed by atoms with Crippen LogP contribution in [0.2, 0.25) is 0 Å². The Bertz CT molecular complexity index is 953. The van der Waals surface area contributed by atoms with Crippen LogP contribution in [0.3, 0.4) is 0 Å². The number of nitrogens with zero attached hydrogens (tertiary/aromatic N) is 1. The second kappa shape index (κ2) is 9.89. The fourth-order valence-corrected chi connectivity index (χ4v) is 3.68. The third-order valence-electron chi connectivity index (χ3n) is 4.41. The Morgan fingerprint density at radius 3 is 2.52 bits per heavy atom. The molecule has 0 radical (unpaired) electrons. The standard InChI is InChI=1S/C23H25N3O2S/c1-3-24-23(28)18-6-4-7-19(14-18)25-22(27)16-26(15-21-8-5-13-29-21)20-11-9-17(2)10-12-20/h4-14H,3,15-16H2,1-2H3,(H,24,28)(H,25,27). The van der Waals surface area contributed by atoms with Crippen molar-refractivity contribution in [2.75, 3.05) is 23.3 Å². The van der Waals surface area contributed by atoms with Crippen LogP contribution in [0.4, 0.5) is 11.4 Å². The van der Waals surface area contributed by atoms with Crippen LogP contribution < -0.4 is 15.5 Å². The summed E-state index contributed by atoms with van der Waals surface area (Å²) in [7, 11) is 0. The molecule has 0 aliphatic rings. The molecule has 29 heavy (non-hydrogen) atoms. The minimum absolute atomic E-state index is 0.129. The third-order valence-corrected chi connectivity index (χ3v) is 5.27. The fourth-order valence-electron chi connectivity index (χ4n) is 2.96. The molecule has 0 fully saturated rings. The van der Waals surface area contributed by atoms with E-state index in [2.05, 4.69) is 16.7 Å². The van der Waals surface area contributed by atoms with E-state index in [9.17, 15) is 9.59 Å². The molecule has 3 rings (SSSR count). The van der Waals surface area contributed by atoms with Gasteiger partial charge in [0.15, 0.2) is 0 Å². The lowest BCUT2D eigenvalue weighted by Gasteiger charge is -2.24. The van der Waals surface area contributed by atoms with Crippen molar-refractivity contribution in [1.29, 1.82) is 0 Å². The zero-order valence-electron chi connectivity index (χ0n) is 16.6. The lowest BCUT2D eigenvalue weighted by molar-refractivity contribution is -0.115. The second-order valence-electron chi connectivity index (χ2n) is 6.76. The van der Waals surface area contributed by atoms with E-state index in [-0.39, 0.29) is 18.4 Å². The van der Waals surface area contributed by atoms with E-state index in [1.165, 1.54) is 10.4 Å². The molecule has 0 bridgehead atoms. The number of aryl methyl sites for hydroxylation is 1. The van der Waals surface area contributed by atoms with Gasteiger partial charge in [-0.2, -0.15) is 0 Å². The number of anilines is 2. The molecule has 6 heteroatoms. The van der Waals surface area contributed by atoms with Crippen LogP contribution in [0.5, 0.6) is 0 Å². The van der Waals surface area contributed by atoms with Crippen LogP contribution in [-0.4, -0.2) is 24.9 Å². The van der Waals surface area contributed by atoms with Gasteiger partial charge in [0, 0.05) is 28.4 Å². The van der Waals surface area contributed by atoms with Gasteiger partial charge in [-0.1, -0.05) is 29.8 Å². The van der Waals surface area contributed by atoms with E-state index >= 15 is 0 Å². The first kappa shape index (κ1) is 20.6. The first-order chi connectivity index (χ1) is 14.0. The van der Waals surface area contributed by atoms with Gasteiger partial charge in [-0.05, 0) is 55.6 Å². The monoisotopic (exact) mass is 407 g/mol. The molecule has 2 amide bonds. The Kier molecular flexibility index (Phi) is 7.03. The lowest BCUT2D eigenvalue weighted by atomic mass is 10.2. The zero-order valence-corrected chi connectivity index (χ0v) is 17.5. The maximum Gasteiger partial charge on any atom is 0.251 e. The molecule has 3 aromatic rings. The molecule has 0 aliphatic heterocycles. The quantitative estimate of drug-likeness (QED) is 0.580. The predicted molar refractivity (Wildman–Crippen MR) is 120 cm³/mol. The topological polar surface area (TPSA) is 61.4 Å². The van der Waals surface area contributed by atoms with E-state index in [1.54, 1.807) is 35.6 Å². The molecule has 0 aliphatic carbocycles. The average molecular weight is 408 g/mol. The second-order valence-corrected chi connectivity index (χ2v) is 7.79. The number of nitrogens with one attached hydrogen (secondary N) is 2. The SMILES string of the molecule is CCNC(=O)c1cccc(NC(=O)CN(Cc2cccs2)c2ccc(C)cc2)c1. The predicted octanol–water partition coefficient (Wildman–Crippen LogP) is 4.45. The summed E-state index contributed by atoms with van der Waals surface area (Å²) < 4.78 is 0. The van der Waals surface area contributed by atoms with Gasteiger partial charge in [-0.25, -0.2) is 0 Å². The molecule has 0 unspecified atom stereocenters. The van der Waals surface area contributed by atoms with Crippen LogP contribution in [0, 0.1) is 6.92 Å². The summed E-state index contributed by atoms with van der Waals surface area (Å²) in [6, 6.07) is 19.2. The van der Waals surface area contributed by atoms with Gasteiger partial charge in [0.05, 0.1) is 13.1 Å².